The fourth-order valence-corrected chi connectivity index (χ4v) is 2.16. The monoisotopic (exact) mass is 241 g/mol. The van der Waals surface area contributed by atoms with Crippen molar-refractivity contribution in [3.05, 3.63) is 28.7 Å². The molecule has 0 aliphatic carbocycles. The van der Waals surface area contributed by atoms with Gasteiger partial charge in [0.25, 0.3) is 0 Å². The zero-order valence-corrected chi connectivity index (χ0v) is 9.47. The normalized spacial score (nSPS) is 9.81. The van der Waals surface area contributed by atoms with E-state index in [1.165, 1.54) is 13.0 Å². The van der Waals surface area contributed by atoms with Crippen LogP contribution in [0.2, 0.25) is 0 Å². The molecule has 0 radical (unpaired) electrons. The minimum Gasteiger partial charge on any atom is -0.478 e. The van der Waals surface area contributed by atoms with Gasteiger partial charge in [0.2, 0.25) is 0 Å². The van der Waals surface area contributed by atoms with E-state index in [0.29, 0.717) is 5.56 Å². The Balaban J connectivity index is 3.07. The molecular weight excluding hydrogens is 230 g/mol. The van der Waals surface area contributed by atoms with Crippen molar-refractivity contribution in [3.8, 4) is 0 Å². The molecule has 0 spiro atoms. The average Bonchev–Trinajstić information content (AvgIpc) is 2.50. The van der Waals surface area contributed by atoms with Crippen LogP contribution in [0.15, 0.2) is 12.7 Å². The maximum absolute atomic E-state index is 11.5. The number of carbonyl (C=O) groups is 2. The Morgan fingerprint density at radius 2 is 2.25 bits per heavy atom. The lowest BCUT2D eigenvalue weighted by Gasteiger charge is -2.00. The maximum atomic E-state index is 11.5. The van der Waals surface area contributed by atoms with E-state index in [0.717, 1.165) is 11.3 Å². The second kappa shape index (κ2) is 4.80. The van der Waals surface area contributed by atoms with Crippen LogP contribution in [0.25, 0.3) is 0 Å². The van der Waals surface area contributed by atoms with Crippen molar-refractivity contribution < 1.29 is 19.4 Å². The molecule has 0 saturated heterocycles. The standard InChI is InChI=1S/C10H11NO4S/c1-3-4-15-10(14)7-5(2)6(9(12)13)8(11)16-7/h3H,1,4,11H2,2H3,(H,12,13). The molecule has 0 amide bonds. The van der Waals surface area contributed by atoms with Crippen LogP contribution in [0.3, 0.4) is 0 Å². The molecular formula is C10H11NO4S. The summed E-state index contributed by atoms with van der Waals surface area (Å²) in [7, 11) is 0. The topological polar surface area (TPSA) is 89.6 Å². The van der Waals surface area contributed by atoms with E-state index in [9.17, 15) is 9.59 Å². The van der Waals surface area contributed by atoms with Gasteiger partial charge in [0.15, 0.2) is 0 Å². The quantitative estimate of drug-likeness (QED) is 0.618. The third-order valence-electron chi connectivity index (χ3n) is 1.91. The summed E-state index contributed by atoms with van der Waals surface area (Å²) in [6.07, 6.45) is 1.43. The Morgan fingerprint density at radius 3 is 2.69 bits per heavy atom. The largest absolute Gasteiger partial charge is 0.478 e. The lowest BCUT2D eigenvalue weighted by molar-refractivity contribution is 0.0554. The number of hydrogen-bond donors (Lipinski definition) is 2. The summed E-state index contributed by atoms with van der Waals surface area (Å²) >= 11 is 0.916. The van der Waals surface area contributed by atoms with Crippen LogP contribution in [-0.2, 0) is 4.74 Å². The van der Waals surface area contributed by atoms with Crippen molar-refractivity contribution in [1.29, 1.82) is 0 Å². The number of nitrogen functional groups attached to an aromatic ring is 1. The smallest absolute Gasteiger partial charge is 0.348 e. The Hall–Kier alpha value is -1.82. The zero-order chi connectivity index (χ0) is 12.3. The first-order valence-electron chi connectivity index (χ1n) is 4.39. The van der Waals surface area contributed by atoms with E-state index >= 15 is 0 Å². The molecule has 0 saturated carbocycles. The van der Waals surface area contributed by atoms with Gasteiger partial charge in [0.1, 0.15) is 16.5 Å². The summed E-state index contributed by atoms with van der Waals surface area (Å²) in [6, 6.07) is 0. The summed E-state index contributed by atoms with van der Waals surface area (Å²) in [5.41, 5.74) is 5.82. The van der Waals surface area contributed by atoms with E-state index < -0.39 is 11.9 Å². The van der Waals surface area contributed by atoms with Crippen LogP contribution in [0.4, 0.5) is 5.00 Å². The summed E-state index contributed by atoms with van der Waals surface area (Å²) in [5, 5.41) is 8.98. The Morgan fingerprint density at radius 1 is 1.62 bits per heavy atom. The summed E-state index contributed by atoms with van der Waals surface area (Å²) in [4.78, 5) is 22.6. The van der Waals surface area contributed by atoms with E-state index in [1.807, 2.05) is 0 Å². The van der Waals surface area contributed by atoms with Gasteiger partial charge in [-0.05, 0) is 12.5 Å². The highest BCUT2D eigenvalue weighted by Crippen LogP contribution is 2.30. The minimum absolute atomic E-state index is 0.0319. The number of nitrogens with two attached hydrogens (primary N) is 1. The van der Waals surface area contributed by atoms with Gasteiger partial charge < -0.3 is 15.6 Å². The molecule has 1 rings (SSSR count). The maximum Gasteiger partial charge on any atom is 0.348 e. The molecule has 1 heterocycles. The molecule has 0 atom stereocenters. The highest BCUT2D eigenvalue weighted by atomic mass is 32.1. The Kier molecular flexibility index (Phi) is 3.68. The first-order valence-corrected chi connectivity index (χ1v) is 5.20. The fraction of sp³-hybridized carbons (Fsp3) is 0.200. The van der Waals surface area contributed by atoms with E-state index in [1.54, 1.807) is 0 Å². The number of hydrogen-bond acceptors (Lipinski definition) is 5. The van der Waals surface area contributed by atoms with Crippen molar-refractivity contribution in [3.63, 3.8) is 0 Å². The number of anilines is 1. The second-order valence-corrected chi connectivity index (χ2v) is 4.04. The van der Waals surface area contributed by atoms with Crippen molar-refractivity contribution in [1.82, 2.24) is 0 Å². The molecule has 0 unspecified atom stereocenters. The van der Waals surface area contributed by atoms with Gasteiger partial charge in [-0.3, -0.25) is 0 Å². The van der Waals surface area contributed by atoms with Crippen LogP contribution in [0, 0.1) is 6.92 Å². The molecule has 6 heteroatoms. The molecule has 3 N–H and O–H groups in total. The van der Waals surface area contributed by atoms with Crippen LogP contribution < -0.4 is 5.73 Å². The highest BCUT2D eigenvalue weighted by molar-refractivity contribution is 7.18. The van der Waals surface area contributed by atoms with Gasteiger partial charge >= 0.3 is 11.9 Å². The van der Waals surface area contributed by atoms with Gasteiger partial charge in [-0.2, -0.15) is 0 Å². The van der Waals surface area contributed by atoms with Crippen LogP contribution in [-0.4, -0.2) is 23.7 Å². The van der Waals surface area contributed by atoms with Gasteiger partial charge in [-0.15, -0.1) is 11.3 Å². The first kappa shape index (κ1) is 12.3. The van der Waals surface area contributed by atoms with Crippen LogP contribution >= 0.6 is 11.3 Å². The Bertz CT molecular complexity index is 450. The predicted octanol–water partition coefficient (Wildman–Crippen LogP) is 1.68. The number of carboxylic acid groups (broad SMARTS) is 1. The van der Waals surface area contributed by atoms with E-state index in [-0.39, 0.29) is 22.0 Å². The summed E-state index contributed by atoms with van der Waals surface area (Å²) in [6.45, 7) is 5.02. The molecule has 5 nitrogen and oxygen atoms in total. The molecule has 0 fully saturated rings. The molecule has 0 aromatic carbocycles. The lowest BCUT2D eigenvalue weighted by Crippen LogP contribution is -2.06. The molecule has 0 bridgehead atoms. The van der Waals surface area contributed by atoms with E-state index in [4.69, 9.17) is 15.6 Å². The van der Waals surface area contributed by atoms with Gasteiger partial charge in [-0.1, -0.05) is 12.7 Å². The number of aromatic carboxylic acids is 1. The molecule has 0 aliphatic rings. The average molecular weight is 241 g/mol. The molecule has 0 aliphatic heterocycles. The van der Waals surface area contributed by atoms with Crippen LogP contribution in [0.1, 0.15) is 25.6 Å². The van der Waals surface area contributed by atoms with Crippen molar-refractivity contribution in [2.24, 2.45) is 0 Å². The Labute approximate surface area is 96.1 Å². The van der Waals surface area contributed by atoms with Crippen LogP contribution in [0.5, 0.6) is 0 Å². The highest BCUT2D eigenvalue weighted by Gasteiger charge is 2.23. The number of thiophene rings is 1. The van der Waals surface area contributed by atoms with Crippen molar-refractivity contribution >= 4 is 28.3 Å². The molecule has 1 aromatic rings. The van der Waals surface area contributed by atoms with Gasteiger partial charge in [0, 0.05) is 0 Å². The molecule has 16 heavy (non-hydrogen) atoms. The SMILES string of the molecule is C=CCOC(=O)c1sc(N)c(C(=O)O)c1C. The summed E-state index contributed by atoms with van der Waals surface area (Å²) < 4.78 is 4.81. The number of rotatable bonds is 4. The number of carboxylic acids is 1. The molecule has 1 aromatic heterocycles. The van der Waals surface area contributed by atoms with Crippen molar-refractivity contribution in [2.75, 3.05) is 12.3 Å². The van der Waals surface area contributed by atoms with E-state index in [2.05, 4.69) is 6.58 Å². The molecule has 86 valence electrons. The number of esters is 1. The predicted molar refractivity (Wildman–Crippen MR) is 60.9 cm³/mol. The fourth-order valence-electron chi connectivity index (χ4n) is 1.20. The summed E-state index contributed by atoms with van der Waals surface area (Å²) in [5.74, 6) is -1.73. The lowest BCUT2D eigenvalue weighted by atomic mass is 10.1. The zero-order valence-electron chi connectivity index (χ0n) is 8.65. The third kappa shape index (κ3) is 2.22. The third-order valence-corrected chi connectivity index (χ3v) is 3.01. The number of ether oxygens (including phenoxy) is 1. The number of carbonyl (C=O) groups excluding carboxylic acids is 1. The second-order valence-electron chi connectivity index (χ2n) is 2.99. The minimum atomic E-state index is -1.14. The van der Waals surface area contributed by atoms with Gasteiger partial charge in [0.05, 0.1) is 5.56 Å². The van der Waals surface area contributed by atoms with Crippen molar-refractivity contribution in [2.45, 2.75) is 6.92 Å². The first-order chi connectivity index (χ1) is 7.49. The van der Waals surface area contributed by atoms with Gasteiger partial charge in [-0.25, -0.2) is 9.59 Å².